The number of aryl methyl sites for hydroxylation is 1. The van der Waals surface area contributed by atoms with Gasteiger partial charge >= 0.3 is 6.18 Å². The van der Waals surface area contributed by atoms with Crippen molar-refractivity contribution in [2.45, 2.75) is 97.4 Å². The van der Waals surface area contributed by atoms with Crippen LogP contribution in [0.5, 0.6) is 0 Å². The van der Waals surface area contributed by atoms with Crippen LogP contribution in [0.1, 0.15) is 85.0 Å². The number of thiazole rings is 1. The largest absolute Gasteiger partial charge is 0.417 e. The van der Waals surface area contributed by atoms with Gasteiger partial charge in [0.2, 0.25) is 23.3 Å². The molecule has 0 radical (unpaired) electrons. The summed E-state index contributed by atoms with van der Waals surface area (Å²) in [5, 5.41) is 21.6. The van der Waals surface area contributed by atoms with Gasteiger partial charge in [0.15, 0.2) is 0 Å². The van der Waals surface area contributed by atoms with Gasteiger partial charge in [-0.3, -0.25) is 33.7 Å². The van der Waals surface area contributed by atoms with E-state index in [1.807, 2.05) is 77.8 Å². The van der Waals surface area contributed by atoms with Crippen molar-refractivity contribution in [2.75, 3.05) is 110 Å². The van der Waals surface area contributed by atoms with Gasteiger partial charge in [-0.05, 0) is 80.3 Å². The lowest BCUT2D eigenvalue weighted by Crippen LogP contribution is -2.57. The number of aromatic nitrogens is 2. The van der Waals surface area contributed by atoms with Gasteiger partial charge in [0.25, 0.3) is 11.8 Å². The number of piperazine rings is 1. The van der Waals surface area contributed by atoms with Crippen molar-refractivity contribution in [1.29, 1.82) is 0 Å². The molecule has 0 unspecified atom stereocenters. The minimum absolute atomic E-state index is 0.00300. The number of nitrogens with zero attached hydrogens (tertiary/aromatic N) is 4. The standard InChI is InChI=1S/C62H79F4N9O12S/c1-38-34-74(35-39(2)73(38)7)51-15-13-43(29-50(51)71-58(80)47-33-68-54(78)31-48(47)62(64,65)66)46-28-44(12-14-49(46)63)57(79)67-17-19-84-21-23-86-25-27-87-26-24-85-22-20-83-18-16-53(77)72-56(61(4,5)6)60(82)75-36-45(76)30-52(75)59(81)69-32-41-8-10-42(11-9-41)55-40(3)70-37-88-55/h8-15,28-29,31,33,37-39,45,52,56,76H,16-27,30,32,34-36H2,1-7H3,(H,67,79)(H,68,78)(H,69,81)(H,71,80)(H,72,77)/t38-,39+,45-,52+,56-/m1/s1. The van der Waals surface area contributed by atoms with Gasteiger partial charge in [0.05, 0.1) is 111 Å². The highest BCUT2D eigenvalue weighted by atomic mass is 32.1. The summed E-state index contributed by atoms with van der Waals surface area (Å²) in [6.07, 6.45) is -5.14. The van der Waals surface area contributed by atoms with Crippen LogP contribution in [0.15, 0.2) is 83.2 Å². The van der Waals surface area contributed by atoms with Gasteiger partial charge in [-0.2, -0.15) is 13.2 Å². The predicted molar refractivity (Wildman–Crippen MR) is 323 cm³/mol. The summed E-state index contributed by atoms with van der Waals surface area (Å²) in [6.45, 7) is 15.2. The minimum atomic E-state index is -5.01. The van der Waals surface area contributed by atoms with Crippen LogP contribution in [0.25, 0.3) is 21.6 Å². The molecule has 478 valence electrons. The number of H-pyrrole nitrogens is 1. The number of benzene rings is 3. The number of carbonyl (C=O) groups is 5. The zero-order valence-corrected chi connectivity index (χ0v) is 51.4. The molecule has 0 aliphatic carbocycles. The first-order valence-corrected chi connectivity index (χ1v) is 30.0. The first kappa shape index (κ1) is 68.3. The maximum absolute atomic E-state index is 15.5. The molecule has 5 amide bonds. The SMILES string of the molecule is Cc1ncsc1-c1ccc(CNC(=O)[C@@H]2C[C@@H](O)CN2C(=O)[C@@H](NC(=O)CCOCCOCCOCCOCCOCCNC(=O)c2ccc(F)c(-c3ccc(N4C[C@@H](C)N(C)[C@@H](C)C4)c(NC(=O)c4c[nH]c(=O)cc4C(F)(F)F)c3)c2)C(C)(C)C)cc1. The number of aromatic amines is 1. The molecule has 7 rings (SSSR count). The lowest BCUT2D eigenvalue weighted by molar-refractivity contribution is -0.144. The lowest BCUT2D eigenvalue weighted by Gasteiger charge is -2.44. The Morgan fingerprint density at radius 2 is 1.40 bits per heavy atom. The number of likely N-dealkylation sites (tertiary alicyclic amines) is 1. The number of alkyl halides is 3. The Morgan fingerprint density at radius 3 is 2.00 bits per heavy atom. The van der Waals surface area contributed by atoms with E-state index in [1.165, 1.54) is 23.1 Å². The van der Waals surface area contributed by atoms with E-state index < -0.39 is 81.8 Å². The van der Waals surface area contributed by atoms with E-state index in [0.717, 1.165) is 27.8 Å². The Hall–Kier alpha value is -7.17. The van der Waals surface area contributed by atoms with E-state index in [-0.39, 0.29) is 107 Å². The zero-order valence-electron chi connectivity index (χ0n) is 50.6. The summed E-state index contributed by atoms with van der Waals surface area (Å²) in [6, 6.07) is 14.9. The second-order valence-corrected chi connectivity index (χ2v) is 23.6. The van der Waals surface area contributed by atoms with Crippen molar-refractivity contribution in [3.8, 4) is 21.6 Å². The van der Waals surface area contributed by atoms with Crippen LogP contribution in [0, 0.1) is 18.2 Å². The zero-order chi connectivity index (χ0) is 63.7. The second kappa shape index (κ2) is 31.8. The van der Waals surface area contributed by atoms with Gasteiger partial charge in [-0.15, -0.1) is 11.3 Å². The molecule has 5 atom stereocenters. The van der Waals surface area contributed by atoms with Crippen LogP contribution in [0.4, 0.5) is 28.9 Å². The lowest BCUT2D eigenvalue weighted by atomic mass is 9.85. The average molecular weight is 1250 g/mol. The van der Waals surface area contributed by atoms with Gasteiger partial charge in [-0.25, -0.2) is 9.37 Å². The van der Waals surface area contributed by atoms with Crippen molar-refractivity contribution >= 4 is 52.2 Å². The topological polar surface area (TPSA) is 255 Å². The van der Waals surface area contributed by atoms with Crippen LogP contribution in [0.3, 0.4) is 0 Å². The number of β-amino-alcohol motifs (C(OH)–C–C–N with tert-alkyl or cyclic N) is 1. The monoisotopic (exact) mass is 1250 g/mol. The van der Waals surface area contributed by atoms with Crippen LogP contribution in [-0.2, 0) is 50.8 Å². The number of carbonyl (C=O) groups excluding carboxylic acids is 5. The average Bonchev–Trinajstić information content (AvgIpc) is 1.37. The molecule has 6 N–H and O–H groups in total. The Morgan fingerprint density at radius 1 is 0.784 bits per heavy atom. The first-order chi connectivity index (χ1) is 41.9. The molecule has 2 fully saturated rings. The van der Waals surface area contributed by atoms with Gasteiger partial charge < -0.3 is 64.8 Å². The summed E-state index contributed by atoms with van der Waals surface area (Å²) in [4.78, 5) is 92.1. The molecule has 5 aromatic rings. The summed E-state index contributed by atoms with van der Waals surface area (Å²) in [5.41, 5.74) is 1.63. The highest BCUT2D eigenvalue weighted by molar-refractivity contribution is 7.13. The summed E-state index contributed by atoms with van der Waals surface area (Å²) in [5.74, 6) is -3.60. The molecule has 2 aliphatic rings. The normalized spacial score (nSPS) is 17.6. The molecule has 0 saturated carbocycles. The van der Waals surface area contributed by atoms with E-state index >= 15 is 4.39 Å². The van der Waals surface area contributed by atoms with Crippen molar-refractivity contribution in [2.24, 2.45) is 5.41 Å². The number of anilines is 2. The quantitative estimate of drug-likeness (QED) is 0.0223. The molecule has 2 aromatic heterocycles. The Kier molecular flexibility index (Phi) is 24.7. The van der Waals surface area contributed by atoms with E-state index in [0.29, 0.717) is 57.5 Å². The predicted octanol–water partition coefficient (Wildman–Crippen LogP) is 6.42. The highest BCUT2D eigenvalue weighted by Crippen LogP contribution is 2.37. The second-order valence-electron chi connectivity index (χ2n) is 22.8. The maximum atomic E-state index is 15.5. The van der Waals surface area contributed by atoms with Gasteiger partial charge in [0, 0.05) is 81.0 Å². The number of ether oxygens (including phenoxy) is 5. The number of aliphatic hydroxyl groups excluding tert-OH is 1. The molecule has 21 nitrogen and oxygen atoms in total. The van der Waals surface area contributed by atoms with Crippen LogP contribution in [0.2, 0.25) is 0 Å². The van der Waals surface area contributed by atoms with E-state index in [9.17, 15) is 47.0 Å². The van der Waals surface area contributed by atoms with Crippen molar-refractivity contribution in [1.82, 2.24) is 35.7 Å². The summed E-state index contributed by atoms with van der Waals surface area (Å²) >= 11 is 1.56. The number of amides is 5. The number of hydrogen-bond acceptors (Lipinski definition) is 16. The highest BCUT2D eigenvalue weighted by Gasteiger charge is 2.45. The number of pyridine rings is 1. The fourth-order valence-corrected chi connectivity index (χ4v) is 11.0. The van der Waals surface area contributed by atoms with Crippen LogP contribution in [-0.4, -0.2) is 184 Å². The smallest absolute Gasteiger partial charge is 0.391 e. The number of rotatable bonds is 29. The van der Waals surface area contributed by atoms with Crippen LogP contribution < -0.4 is 31.7 Å². The molecule has 0 spiro atoms. The molecule has 88 heavy (non-hydrogen) atoms. The number of aliphatic hydroxyl groups is 1. The molecular weight excluding hydrogens is 1170 g/mol. The van der Waals surface area contributed by atoms with Crippen molar-refractivity contribution in [3.63, 3.8) is 0 Å². The third kappa shape index (κ3) is 19.2. The fraction of sp³-hybridized carbons (Fsp3) is 0.500. The fourth-order valence-electron chi connectivity index (χ4n) is 10.2. The first-order valence-electron chi connectivity index (χ1n) is 29.1. The van der Waals surface area contributed by atoms with E-state index in [1.54, 1.807) is 29.0 Å². The Bertz CT molecular complexity index is 3220. The summed E-state index contributed by atoms with van der Waals surface area (Å²) in [7, 11) is 1.98. The van der Waals surface area contributed by atoms with Crippen molar-refractivity contribution < 1.29 is 70.3 Å². The Balaban J connectivity index is 0.743. The number of halogens is 4. The van der Waals surface area contributed by atoms with Gasteiger partial charge in [-0.1, -0.05) is 51.1 Å². The number of hydrogen-bond donors (Lipinski definition) is 6. The molecule has 2 saturated heterocycles. The van der Waals surface area contributed by atoms with E-state index in [2.05, 4.69) is 36.1 Å². The number of likely N-dealkylation sites (N-methyl/N-ethyl adjacent to an activating group) is 1. The molecule has 0 bridgehead atoms. The van der Waals surface area contributed by atoms with E-state index in [4.69, 9.17) is 23.7 Å². The molecule has 26 heteroatoms. The maximum Gasteiger partial charge on any atom is 0.417 e. The summed E-state index contributed by atoms with van der Waals surface area (Å²) < 4.78 is 85.3. The molecule has 3 aromatic carbocycles. The molecule has 2 aliphatic heterocycles. The minimum Gasteiger partial charge on any atom is -0.391 e. The van der Waals surface area contributed by atoms with Gasteiger partial charge in [0.1, 0.15) is 17.9 Å². The third-order valence-corrected chi connectivity index (χ3v) is 16.1. The van der Waals surface area contributed by atoms with Crippen molar-refractivity contribution in [3.05, 3.63) is 123 Å². The number of nitrogens with one attached hydrogen (secondary N) is 5. The Labute approximate surface area is 512 Å². The molecule has 4 heterocycles. The third-order valence-electron chi connectivity index (χ3n) is 15.2. The van der Waals surface area contributed by atoms with Crippen LogP contribution >= 0.6 is 11.3 Å². The molecular formula is C62H79F4N9O12S.